The molecule has 0 radical (unpaired) electrons. The molecule has 0 heterocycles. The summed E-state index contributed by atoms with van der Waals surface area (Å²) < 4.78 is 16.8. The Morgan fingerprint density at radius 1 is 0.328 bits per heavy atom. The first-order chi connectivity index (χ1) is 31.5. The van der Waals surface area contributed by atoms with E-state index < -0.39 is 6.10 Å². The van der Waals surface area contributed by atoms with Crippen molar-refractivity contribution in [3.63, 3.8) is 0 Å². The number of carbonyl (C=O) groups excluding carboxylic acids is 3. The molecule has 0 aromatic carbocycles. The highest BCUT2D eigenvalue weighted by molar-refractivity contribution is 5.71. The molecule has 0 spiro atoms. The summed E-state index contributed by atoms with van der Waals surface area (Å²) >= 11 is 0. The number of esters is 3. The summed E-state index contributed by atoms with van der Waals surface area (Å²) in [7, 11) is 0. The topological polar surface area (TPSA) is 78.9 Å². The van der Waals surface area contributed by atoms with Gasteiger partial charge in [-0.15, -0.1) is 0 Å². The van der Waals surface area contributed by atoms with E-state index in [-0.39, 0.29) is 31.1 Å². The van der Waals surface area contributed by atoms with Crippen LogP contribution in [0.2, 0.25) is 0 Å². The van der Waals surface area contributed by atoms with E-state index in [4.69, 9.17) is 14.2 Å². The van der Waals surface area contributed by atoms with E-state index in [1.54, 1.807) is 0 Å². The second-order valence-corrected chi connectivity index (χ2v) is 17.4. The first-order valence-corrected chi connectivity index (χ1v) is 26.6. The molecular formula is C58H98O6. The molecule has 0 aliphatic rings. The van der Waals surface area contributed by atoms with Crippen molar-refractivity contribution in [2.24, 2.45) is 0 Å². The Kier molecular flexibility index (Phi) is 49.4. The fourth-order valence-electron chi connectivity index (χ4n) is 7.08. The second-order valence-electron chi connectivity index (χ2n) is 17.4. The summed E-state index contributed by atoms with van der Waals surface area (Å²) in [4.78, 5) is 38.0. The van der Waals surface area contributed by atoms with E-state index in [0.29, 0.717) is 19.3 Å². The van der Waals surface area contributed by atoms with Gasteiger partial charge in [0, 0.05) is 19.3 Å². The third-order valence-corrected chi connectivity index (χ3v) is 11.1. The Morgan fingerprint density at radius 2 is 0.609 bits per heavy atom. The number of carbonyl (C=O) groups is 3. The van der Waals surface area contributed by atoms with Gasteiger partial charge >= 0.3 is 17.9 Å². The average molecular weight is 891 g/mol. The SMILES string of the molecule is CC/C=C\C/C=C\C/C=C\C/C=C\CCCCCCCCCCC(=O)OCC(COC(=O)CCCCCCC/C=C\CCCC)OC(=O)CCCCCCC/C=C\C/C=C\CCCC. The van der Waals surface area contributed by atoms with Crippen LogP contribution in [0.25, 0.3) is 0 Å². The molecule has 6 heteroatoms. The highest BCUT2D eigenvalue weighted by Crippen LogP contribution is 2.14. The lowest BCUT2D eigenvalue weighted by Crippen LogP contribution is -2.30. The summed E-state index contributed by atoms with van der Waals surface area (Å²) in [5.41, 5.74) is 0. The highest BCUT2D eigenvalue weighted by atomic mass is 16.6. The van der Waals surface area contributed by atoms with Crippen LogP contribution in [0.5, 0.6) is 0 Å². The van der Waals surface area contributed by atoms with E-state index in [1.807, 2.05) is 0 Å². The minimum absolute atomic E-state index is 0.0896. The maximum absolute atomic E-state index is 12.8. The van der Waals surface area contributed by atoms with Gasteiger partial charge < -0.3 is 14.2 Å². The van der Waals surface area contributed by atoms with Gasteiger partial charge in [-0.2, -0.15) is 0 Å². The molecule has 1 atom stereocenters. The van der Waals surface area contributed by atoms with Crippen LogP contribution in [0, 0.1) is 0 Å². The first kappa shape index (κ1) is 60.6. The predicted octanol–water partition coefficient (Wildman–Crippen LogP) is 17.6. The van der Waals surface area contributed by atoms with Gasteiger partial charge in [-0.1, -0.05) is 209 Å². The molecule has 0 aliphatic heterocycles. The minimum atomic E-state index is -0.790. The lowest BCUT2D eigenvalue weighted by atomic mass is 10.1. The zero-order valence-corrected chi connectivity index (χ0v) is 41.8. The second kappa shape index (κ2) is 52.2. The fraction of sp³-hybridized carbons (Fsp3) is 0.707. The van der Waals surface area contributed by atoms with Gasteiger partial charge in [-0.3, -0.25) is 14.4 Å². The molecule has 366 valence electrons. The molecule has 0 aromatic rings. The number of allylic oxidation sites excluding steroid dienone is 14. The van der Waals surface area contributed by atoms with Crippen molar-refractivity contribution in [1.82, 2.24) is 0 Å². The normalized spacial score (nSPS) is 12.7. The molecule has 0 rings (SSSR count). The predicted molar refractivity (Wildman–Crippen MR) is 274 cm³/mol. The van der Waals surface area contributed by atoms with Crippen LogP contribution in [0.3, 0.4) is 0 Å². The molecule has 0 saturated carbocycles. The average Bonchev–Trinajstić information content (AvgIpc) is 3.29. The van der Waals surface area contributed by atoms with E-state index in [1.165, 1.54) is 83.5 Å². The summed E-state index contributed by atoms with van der Waals surface area (Å²) in [6.45, 7) is 6.42. The molecule has 0 N–H and O–H groups in total. The zero-order chi connectivity index (χ0) is 46.5. The monoisotopic (exact) mass is 891 g/mol. The van der Waals surface area contributed by atoms with Gasteiger partial charge in [-0.05, 0) is 103 Å². The van der Waals surface area contributed by atoms with Crippen LogP contribution in [-0.2, 0) is 28.6 Å². The van der Waals surface area contributed by atoms with Crippen molar-refractivity contribution >= 4 is 17.9 Å². The number of hydrogen-bond acceptors (Lipinski definition) is 6. The number of unbranched alkanes of at least 4 members (excludes halogenated alkanes) is 22. The van der Waals surface area contributed by atoms with Crippen LogP contribution in [0.1, 0.15) is 245 Å². The third-order valence-electron chi connectivity index (χ3n) is 11.1. The molecular weight excluding hydrogens is 793 g/mol. The summed E-state index contributed by atoms with van der Waals surface area (Å²) in [5, 5.41) is 0. The van der Waals surface area contributed by atoms with Gasteiger partial charge in [0.1, 0.15) is 13.2 Å². The van der Waals surface area contributed by atoms with Crippen molar-refractivity contribution in [2.75, 3.05) is 13.2 Å². The number of hydrogen-bond donors (Lipinski definition) is 0. The maximum atomic E-state index is 12.8. The summed E-state index contributed by atoms with van der Waals surface area (Å²) in [5.74, 6) is -0.921. The summed E-state index contributed by atoms with van der Waals surface area (Å²) in [6.07, 6.45) is 67.1. The molecule has 0 amide bonds. The van der Waals surface area contributed by atoms with Crippen molar-refractivity contribution in [2.45, 2.75) is 252 Å². The molecule has 64 heavy (non-hydrogen) atoms. The Labute approximate surface area is 395 Å². The van der Waals surface area contributed by atoms with Crippen molar-refractivity contribution in [3.05, 3.63) is 85.1 Å². The Hall–Kier alpha value is -3.41. The van der Waals surface area contributed by atoms with Gasteiger partial charge in [0.25, 0.3) is 0 Å². The third kappa shape index (κ3) is 49.6. The van der Waals surface area contributed by atoms with Crippen molar-refractivity contribution in [3.8, 4) is 0 Å². The molecule has 6 nitrogen and oxygen atoms in total. The van der Waals surface area contributed by atoms with Crippen LogP contribution < -0.4 is 0 Å². The molecule has 0 aliphatic carbocycles. The largest absolute Gasteiger partial charge is 0.462 e. The van der Waals surface area contributed by atoms with Crippen molar-refractivity contribution in [1.29, 1.82) is 0 Å². The molecule has 0 aromatic heterocycles. The van der Waals surface area contributed by atoms with E-state index in [2.05, 4.69) is 106 Å². The number of rotatable bonds is 47. The van der Waals surface area contributed by atoms with Gasteiger partial charge in [0.15, 0.2) is 6.10 Å². The Balaban J connectivity index is 4.36. The van der Waals surface area contributed by atoms with E-state index in [9.17, 15) is 14.4 Å². The van der Waals surface area contributed by atoms with E-state index in [0.717, 1.165) is 122 Å². The quantitative estimate of drug-likeness (QED) is 0.0262. The lowest BCUT2D eigenvalue weighted by molar-refractivity contribution is -0.167. The van der Waals surface area contributed by atoms with Crippen LogP contribution >= 0.6 is 0 Å². The molecule has 0 saturated heterocycles. The molecule has 0 bridgehead atoms. The number of ether oxygens (including phenoxy) is 3. The van der Waals surface area contributed by atoms with Gasteiger partial charge in [0.2, 0.25) is 0 Å². The smallest absolute Gasteiger partial charge is 0.306 e. The van der Waals surface area contributed by atoms with Crippen molar-refractivity contribution < 1.29 is 28.6 Å². The maximum Gasteiger partial charge on any atom is 0.306 e. The molecule has 0 fully saturated rings. The van der Waals surface area contributed by atoms with Gasteiger partial charge in [-0.25, -0.2) is 0 Å². The fourth-order valence-corrected chi connectivity index (χ4v) is 7.08. The zero-order valence-electron chi connectivity index (χ0n) is 41.8. The van der Waals surface area contributed by atoms with Crippen LogP contribution in [0.4, 0.5) is 0 Å². The Morgan fingerprint density at radius 3 is 0.969 bits per heavy atom. The van der Waals surface area contributed by atoms with Gasteiger partial charge in [0.05, 0.1) is 0 Å². The van der Waals surface area contributed by atoms with Crippen LogP contribution in [-0.4, -0.2) is 37.2 Å². The van der Waals surface area contributed by atoms with Crippen LogP contribution in [0.15, 0.2) is 85.1 Å². The molecule has 1 unspecified atom stereocenters. The Bertz CT molecular complexity index is 1250. The highest BCUT2D eigenvalue weighted by Gasteiger charge is 2.19. The first-order valence-electron chi connectivity index (χ1n) is 26.6. The van der Waals surface area contributed by atoms with E-state index >= 15 is 0 Å². The lowest BCUT2D eigenvalue weighted by Gasteiger charge is -2.18. The standard InChI is InChI=1S/C58H98O6/c1-4-7-10-13-16-19-22-24-26-27-28-29-30-31-32-34-36-39-42-45-48-51-57(60)63-54-55(53-62-56(59)50-47-44-41-38-35-21-18-15-12-9-6-3)64-58(61)52-49-46-43-40-37-33-25-23-20-17-14-11-8-5-2/h7,10,14-19,23-26,28-29,55H,4-6,8-9,11-13,20-22,27,30-54H2,1-3H3/b10-7-,17-14-,18-15-,19-16-,25-23-,26-24-,29-28-. The summed E-state index contributed by atoms with van der Waals surface area (Å²) in [6, 6.07) is 0. The minimum Gasteiger partial charge on any atom is -0.462 e.